The maximum absolute atomic E-state index is 11.2. The lowest BCUT2D eigenvalue weighted by atomic mass is 9.96. The molecular weight excluding hydrogens is 773 g/mol. The van der Waals surface area contributed by atoms with Crippen LogP contribution in [-0.2, 0) is 0 Å². The van der Waals surface area contributed by atoms with Gasteiger partial charge in [0.2, 0.25) is 0 Å². The van der Waals surface area contributed by atoms with Gasteiger partial charge in [-0.25, -0.2) is 4.85 Å². The third-order valence-electron chi connectivity index (χ3n) is 11.7. The van der Waals surface area contributed by atoms with Gasteiger partial charge < -0.3 is 9.13 Å². The molecule has 0 saturated heterocycles. The summed E-state index contributed by atoms with van der Waals surface area (Å²) in [6, 6.07) is 59.8. The number of hydrogen-bond acceptors (Lipinski definition) is 5. The minimum atomic E-state index is 0.381. The largest absolute Gasteiger partial charge is 0.309 e. The first-order valence-corrected chi connectivity index (χ1v) is 19.9. The molecule has 0 fully saturated rings. The van der Waals surface area contributed by atoms with Crippen molar-refractivity contribution in [3.05, 3.63) is 196 Å². The van der Waals surface area contributed by atoms with Gasteiger partial charge in [0.25, 0.3) is 0 Å². The summed E-state index contributed by atoms with van der Waals surface area (Å²) in [4.78, 5) is 3.53. The lowest BCUT2D eigenvalue weighted by Gasteiger charge is -2.19. The summed E-state index contributed by atoms with van der Waals surface area (Å²) in [5, 5.41) is 55.2. The first kappa shape index (κ1) is 37.6. The van der Waals surface area contributed by atoms with E-state index in [1.165, 1.54) is 0 Å². The standard InChI is InChI=1S/C55H28N8/c1-33-19-35(29-57)22-38(20-33)49-27-52(62-50-9-5-3-7-45(50)47-16-12-36(24-53(47)62)43-15-11-34(28-56)21-39(43)30-58)41(32-60)26-55(49)63-51-10-6-4-8-46(51)48-17-13-37(25-54(48)63)44-18-14-42(61-2)23-40(44)31-59/h3-27H,1H3. The second kappa shape index (κ2) is 14.8. The van der Waals surface area contributed by atoms with Crippen LogP contribution < -0.4 is 0 Å². The molecule has 0 spiro atoms. The van der Waals surface area contributed by atoms with E-state index in [1.54, 1.807) is 30.3 Å². The highest BCUT2D eigenvalue weighted by atomic mass is 15.0. The first-order chi connectivity index (χ1) is 30.9. The van der Waals surface area contributed by atoms with Crippen molar-refractivity contribution in [1.29, 1.82) is 26.3 Å². The zero-order valence-electron chi connectivity index (χ0n) is 33.5. The van der Waals surface area contributed by atoms with E-state index < -0.39 is 0 Å². The van der Waals surface area contributed by atoms with Crippen LogP contribution in [0.5, 0.6) is 0 Å². The smallest absolute Gasteiger partial charge is 0.188 e. The highest BCUT2D eigenvalue weighted by Crippen LogP contribution is 2.43. The molecule has 0 atom stereocenters. The van der Waals surface area contributed by atoms with Crippen LogP contribution in [0, 0.1) is 70.2 Å². The predicted molar refractivity (Wildman–Crippen MR) is 246 cm³/mol. The van der Waals surface area contributed by atoms with E-state index in [9.17, 15) is 26.3 Å². The fraction of sp³-hybridized carbons (Fsp3) is 0.0182. The molecule has 10 rings (SSSR count). The molecule has 8 heteroatoms. The van der Waals surface area contributed by atoms with E-state index in [0.717, 1.165) is 77.1 Å². The Hall–Kier alpha value is -9.70. The molecule has 10 aromatic rings. The molecule has 2 aromatic heterocycles. The van der Waals surface area contributed by atoms with E-state index in [2.05, 4.69) is 62.5 Å². The van der Waals surface area contributed by atoms with E-state index in [-0.39, 0.29) is 0 Å². The molecule has 2 heterocycles. The third-order valence-corrected chi connectivity index (χ3v) is 11.7. The molecule has 288 valence electrons. The number of para-hydroxylation sites is 2. The number of aromatic nitrogens is 2. The molecule has 8 aromatic carbocycles. The summed E-state index contributed by atoms with van der Waals surface area (Å²) >= 11 is 0. The van der Waals surface area contributed by atoms with Crippen LogP contribution in [0.4, 0.5) is 5.69 Å². The predicted octanol–water partition coefficient (Wildman–Crippen LogP) is 13.1. The minimum absolute atomic E-state index is 0.381. The van der Waals surface area contributed by atoms with Crippen LogP contribution >= 0.6 is 0 Å². The maximum Gasteiger partial charge on any atom is 0.188 e. The molecule has 0 amide bonds. The topological polar surface area (TPSA) is 133 Å². The SMILES string of the molecule is [C-]#[N+]c1ccc(-c2ccc3c4ccccc4n(-c4cc(C#N)c(-n5c6ccccc6c6ccc(-c7ccc(C#N)cc7C#N)cc65)cc4-c4cc(C)cc(C#N)c4)c3c2)c(C#N)c1. The molecular formula is C55H28N8. The minimum Gasteiger partial charge on any atom is -0.309 e. The van der Waals surface area contributed by atoms with Crippen molar-refractivity contribution in [2.24, 2.45) is 0 Å². The zero-order valence-corrected chi connectivity index (χ0v) is 33.5. The Morgan fingerprint density at radius 2 is 0.968 bits per heavy atom. The van der Waals surface area contributed by atoms with Gasteiger partial charge in [0.15, 0.2) is 5.69 Å². The van der Waals surface area contributed by atoms with Gasteiger partial charge >= 0.3 is 0 Å². The lowest BCUT2D eigenvalue weighted by molar-refractivity contribution is 1.13. The van der Waals surface area contributed by atoms with Crippen LogP contribution in [0.15, 0.2) is 152 Å². The Morgan fingerprint density at radius 1 is 0.413 bits per heavy atom. The summed E-state index contributed by atoms with van der Waals surface area (Å²) in [5.74, 6) is 0. The summed E-state index contributed by atoms with van der Waals surface area (Å²) in [7, 11) is 0. The highest BCUT2D eigenvalue weighted by Gasteiger charge is 2.23. The lowest BCUT2D eigenvalue weighted by Crippen LogP contribution is -2.04. The number of hydrogen-bond donors (Lipinski definition) is 0. The van der Waals surface area contributed by atoms with Gasteiger partial charge in [-0.2, -0.15) is 26.3 Å². The third kappa shape index (κ3) is 6.02. The molecule has 63 heavy (non-hydrogen) atoms. The van der Waals surface area contributed by atoms with Gasteiger partial charge in [0.1, 0.15) is 6.07 Å². The number of nitrogens with zero attached hydrogens (tertiary/aromatic N) is 8. The molecule has 0 aliphatic heterocycles. The quantitative estimate of drug-likeness (QED) is 0.160. The van der Waals surface area contributed by atoms with Crippen molar-refractivity contribution < 1.29 is 0 Å². The van der Waals surface area contributed by atoms with Gasteiger partial charge in [0, 0.05) is 32.7 Å². The molecule has 8 nitrogen and oxygen atoms in total. The Bertz CT molecular complexity index is 3890. The van der Waals surface area contributed by atoms with Gasteiger partial charge in [-0.3, -0.25) is 0 Å². The van der Waals surface area contributed by atoms with Gasteiger partial charge in [-0.05, 0) is 107 Å². The van der Waals surface area contributed by atoms with Crippen LogP contribution in [-0.4, -0.2) is 9.13 Å². The van der Waals surface area contributed by atoms with Crippen molar-refractivity contribution in [2.45, 2.75) is 6.92 Å². The van der Waals surface area contributed by atoms with Crippen molar-refractivity contribution in [3.8, 4) is 75.1 Å². The Kier molecular flexibility index (Phi) is 8.85. The van der Waals surface area contributed by atoms with Gasteiger partial charge in [-0.15, -0.1) is 0 Å². The average molecular weight is 801 g/mol. The number of benzene rings is 8. The Morgan fingerprint density at radius 3 is 1.56 bits per heavy atom. The van der Waals surface area contributed by atoms with Crippen molar-refractivity contribution in [1.82, 2.24) is 9.13 Å². The zero-order chi connectivity index (χ0) is 43.4. The number of rotatable bonds is 5. The monoisotopic (exact) mass is 800 g/mol. The van der Waals surface area contributed by atoms with Gasteiger partial charge in [-0.1, -0.05) is 84.9 Å². The summed E-state index contributed by atoms with van der Waals surface area (Å²) in [5.41, 5.74) is 12.6. The summed E-state index contributed by atoms with van der Waals surface area (Å²) < 4.78 is 4.25. The number of nitriles is 5. The molecule has 0 aliphatic rings. The van der Waals surface area contributed by atoms with E-state index in [1.807, 2.05) is 110 Å². The van der Waals surface area contributed by atoms with E-state index in [4.69, 9.17) is 6.57 Å². The first-order valence-electron chi connectivity index (χ1n) is 19.9. The molecule has 0 bridgehead atoms. The van der Waals surface area contributed by atoms with Crippen molar-refractivity contribution in [3.63, 3.8) is 0 Å². The average Bonchev–Trinajstić information content (AvgIpc) is 3.84. The molecule has 0 radical (unpaired) electrons. The molecule has 0 saturated carbocycles. The van der Waals surface area contributed by atoms with Crippen molar-refractivity contribution in [2.75, 3.05) is 0 Å². The highest BCUT2D eigenvalue weighted by molar-refractivity contribution is 6.12. The molecule has 0 unspecified atom stereocenters. The van der Waals surface area contributed by atoms with Crippen LogP contribution in [0.1, 0.15) is 33.4 Å². The second-order valence-electron chi connectivity index (χ2n) is 15.3. The second-order valence-corrected chi connectivity index (χ2v) is 15.3. The van der Waals surface area contributed by atoms with Crippen molar-refractivity contribution >= 4 is 49.3 Å². The normalized spacial score (nSPS) is 10.8. The number of fused-ring (bicyclic) bond motifs is 6. The van der Waals surface area contributed by atoms with Crippen LogP contribution in [0.25, 0.3) is 93.2 Å². The fourth-order valence-corrected chi connectivity index (χ4v) is 8.97. The fourth-order valence-electron chi connectivity index (χ4n) is 8.97. The van der Waals surface area contributed by atoms with Gasteiger partial charge in [0.05, 0.1) is 86.5 Å². The van der Waals surface area contributed by atoms with Crippen LogP contribution in [0.2, 0.25) is 0 Å². The van der Waals surface area contributed by atoms with E-state index >= 15 is 0 Å². The Labute approximate surface area is 361 Å². The summed E-state index contributed by atoms with van der Waals surface area (Å²) in [6.45, 7) is 9.47. The molecule has 0 N–H and O–H groups in total. The summed E-state index contributed by atoms with van der Waals surface area (Å²) in [6.07, 6.45) is 0. The van der Waals surface area contributed by atoms with Crippen LogP contribution in [0.3, 0.4) is 0 Å². The number of aryl methyl sites for hydroxylation is 1. The maximum atomic E-state index is 11.2. The van der Waals surface area contributed by atoms with E-state index in [0.29, 0.717) is 50.3 Å². The Balaban J connectivity index is 1.31. The molecule has 0 aliphatic carbocycles.